The Balaban J connectivity index is 1.60. The van der Waals surface area contributed by atoms with Gasteiger partial charge in [0.1, 0.15) is 23.9 Å². The van der Waals surface area contributed by atoms with Gasteiger partial charge in [-0.1, -0.05) is 66.7 Å². The van der Waals surface area contributed by atoms with E-state index in [1.165, 1.54) is 37.4 Å². The zero-order valence-corrected chi connectivity index (χ0v) is 23.8. The van der Waals surface area contributed by atoms with E-state index in [2.05, 4.69) is 0 Å². The summed E-state index contributed by atoms with van der Waals surface area (Å²) < 4.78 is 108. The minimum atomic E-state index is -5.89. The summed E-state index contributed by atoms with van der Waals surface area (Å²) in [6.45, 7) is -1.29. The predicted molar refractivity (Wildman–Crippen MR) is 151 cm³/mol. The van der Waals surface area contributed by atoms with E-state index in [-0.39, 0.29) is 24.3 Å². The van der Waals surface area contributed by atoms with Gasteiger partial charge in [-0.25, -0.2) is 0 Å². The molecule has 4 aromatic rings. The maximum Gasteiger partial charge on any atom is 0.430 e. The first-order valence-electron chi connectivity index (χ1n) is 13.5. The molecule has 0 amide bonds. The number of halogens is 6. The quantitative estimate of drug-likeness (QED) is 0.150. The van der Waals surface area contributed by atoms with Gasteiger partial charge in [0.15, 0.2) is 6.10 Å². The van der Waals surface area contributed by atoms with Crippen molar-refractivity contribution in [3.8, 4) is 17.2 Å². The highest BCUT2D eigenvalue weighted by Gasteiger charge is 2.73. The average Bonchev–Trinajstić information content (AvgIpc) is 3.00. The molecule has 238 valence electrons. The molecular formula is C33H28F6O6. The van der Waals surface area contributed by atoms with E-state index in [0.29, 0.717) is 34.8 Å². The molecule has 12 heteroatoms. The fourth-order valence-corrected chi connectivity index (χ4v) is 4.52. The van der Waals surface area contributed by atoms with E-state index in [4.69, 9.17) is 24.1 Å². The number of carboxylic acids is 1. The monoisotopic (exact) mass is 634 g/mol. The van der Waals surface area contributed by atoms with E-state index in [0.717, 1.165) is 6.07 Å². The number of rotatable bonds is 13. The van der Waals surface area contributed by atoms with Crippen LogP contribution < -0.4 is 14.2 Å². The summed E-state index contributed by atoms with van der Waals surface area (Å²) in [7, 11) is 1.37. The van der Waals surface area contributed by atoms with Crippen molar-refractivity contribution in [3.05, 3.63) is 125 Å². The summed E-state index contributed by atoms with van der Waals surface area (Å²) in [5, 5.41) is 8.98. The standard InChI is InChI=1S/C33H28F6O6/c1-42-26-14-12-23(13-15-26)20-44-31(32(34,35)36,33(37,38)39)25-8-5-9-28(19-25)43-21-29(24-6-3-2-4-7-24)45-27-16-10-22(11-17-27)18-30(40)41/h2-17,19,29H,18,20-21H2,1H3,(H,40,41). The first-order chi connectivity index (χ1) is 21.3. The molecule has 0 radical (unpaired) electrons. The molecule has 0 bridgehead atoms. The van der Waals surface area contributed by atoms with Gasteiger partial charge in [0.25, 0.3) is 5.60 Å². The van der Waals surface area contributed by atoms with Crippen LogP contribution >= 0.6 is 0 Å². The highest BCUT2D eigenvalue weighted by molar-refractivity contribution is 5.70. The Hall–Kier alpha value is -4.71. The largest absolute Gasteiger partial charge is 0.497 e. The zero-order chi connectivity index (χ0) is 32.7. The molecule has 0 spiro atoms. The highest BCUT2D eigenvalue weighted by atomic mass is 19.4. The van der Waals surface area contributed by atoms with Crippen LogP contribution in [0.3, 0.4) is 0 Å². The average molecular weight is 635 g/mol. The Morgan fingerprint density at radius 3 is 1.91 bits per heavy atom. The summed E-state index contributed by atoms with van der Waals surface area (Å²) in [4.78, 5) is 11.0. The molecule has 6 nitrogen and oxygen atoms in total. The summed E-state index contributed by atoms with van der Waals surface area (Å²) in [5.41, 5.74) is -4.65. The van der Waals surface area contributed by atoms with Crippen molar-refractivity contribution in [2.75, 3.05) is 13.7 Å². The Morgan fingerprint density at radius 1 is 0.733 bits per heavy atom. The number of hydrogen-bond acceptors (Lipinski definition) is 5. The Morgan fingerprint density at radius 2 is 1.33 bits per heavy atom. The molecule has 1 unspecified atom stereocenters. The van der Waals surface area contributed by atoms with Crippen molar-refractivity contribution in [1.29, 1.82) is 0 Å². The van der Waals surface area contributed by atoms with Gasteiger partial charge in [0.2, 0.25) is 0 Å². The Labute approximate surface area is 254 Å². The second kappa shape index (κ2) is 13.9. The van der Waals surface area contributed by atoms with Gasteiger partial charge in [-0.3, -0.25) is 4.79 Å². The molecule has 1 atom stereocenters. The fourth-order valence-electron chi connectivity index (χ4n) is 4.52. The van der Waals surface area contributed by atoms with Gasteiger partial charge in [0.05, 0.1) is 20.1 Å². The molecule has 4 rings (SSSR count). The van der Waals surface area contributed by atoms with E-state index < -0.39 is 42.2 Å². The number of carbonyl (C=O) groups is 1. The molecule has 45 heavy (non-hydrogen) atoms. The third-order valence-electron chi connectivity index (χ3n) is 6.78. The molecule has 4 aromatic carbocycles. The lowest BCUT2D eigenvalue weighted by atomic mass is 9.91. The fraction of sp³-hybridized carbons (Fsp3) is 0.242. The Kier molecular flexibility index (Phi) is 10.3. The summed E-state index contributed by atoms with van der Waals surface area (Å²) in [6, 6.07) is 23.9. The second-order valence-corrected chi connectivity index (χ2v) is 9.88. The van der Waals surface area contributed by atoms with Gasteiger partial charge in [-0.15, -0.1) is 0 Å². The maximum absolute atomic E-state index is 14.4. The van der Waals surface area contributed by atoms with Crippen molar-refractivity contribution in [2.24, 2.45) is 0 Å². The number of hydrogen-bond donors (Lipinski definition) is 1. The summed E-state index contributed by atoms with van der Waals surface area (Å²) in [5.74, 6) is -0.572. The van der Waals surface area contributed by atoms with Gasteiger partial charge in [-0.2, -0.15) is 26.3 Å². The molecule has 0 heterocycles. The van der Waals surface area contributed by atoms with Crippen LogP contribution in [0.1, 0.15) is 28.4 Å². The molecule has 0 saturated carbocycles. The first-order valence-corrected chi connectivity index (χ1v) is 13.5. The summed E-state index contributed by atoms with van der Waals surface area (Å²) >= 11 is 0. The van der Waals surface area contributed by atoms with Gasteiger partial charge in [0, 0.05) is 5.56 Å². The predicted octanol–water partition coefficient (Wildman–Crippen LogP) is 8.06. The lowest BCUT2D eigenvalue weighted by Crippen LogP contribution is -2.55. The number of methoxy groups -OCH3 is 1. The number of aliphatic carboxylic acids is 1. The van der Waals surface area contributed by atoms with Crippen molar-refractivity contribution in [3.63, 3.8) is 0 Å². The van der Waals surface area contributed by atoms with Crippen molar-refractivity contribution >= 4 is 5.97 Å². The SMILES string of the molecule is COc1ccc(COC(c2cccc(OCC(Oc3ccc(CC(=O)O)cc3)c3ccccc3)c2)(C(F)(F)F)C(F)(F)F)cc1. The topological polar surface area (TPSA) is 74.2 Å². The molecule has 1 N–H and O–H groups in total. The molecule has 0 aliphatic carbocycles. The van der Waals surface area contributed by atoms with Gasteiger partial charge >= 0.3 is 18.3 Å². The van der Waals surface area contributed by atoms with Crippen LogP contribution in [-0.4, -0.2) is 37.1 Å². The molecule has 0 saturated heterocycles. The molecule has 0 aliphatic rings. The number of carboxylic acid groups (broad SMARTS) is 1. The number of alkyl halides is 6. The highest BCUT2D eigenvalue weighted by Crippen LogP contribution is 2.53. The van der Waals surface area contributed by atoms with Crippen LogP contribution in [0.2, 0.25) is 0 Å². The van der Waals surface area contributed by atoms with Gasteiger partial charge in [-0.05, 0) is 53.1 Å². The molecule has 0 aliphatic heterocycles. The lowest BCUT2D eigenvalue weighted by molar-refractivity contribution is -0.392. The van der Waals surface area contributed by atoms with Crippen molar-refractivity contribution in [2.45, 2.75) is 37.1 Å². The molecule has 0 fully saturated rings. The van der Waals surface area contributed by atoms with E-state index in [1.54, 1.807) is 54.6 Å². The van der Waals surface area contributed by atoms with Crippen LogP contribution in [0.4, 0.5) is 26.3 Å². The maximum atomic E-state index is 14.4. The minimum absolute atomic E-state index is 0.0694. The minimum Gasteiger partial charge on any atom is -0.497 e. The van der Waals surface area contributed by atoms with E-state index in [1.807, 2.05) is 0 Å². The van der Waals surface area contributed by atoms with Crippen LogP contribution in [0.5, 0.6) is 17.2 Å². The zero-order valence-electron chi connectivity index (χ0n) is 23.8. The number of ether oxygens (including phenoxy) is 4. The van der Waals surface area contributed by atoms with Gasteiger partial charge < -0.3 is 24.1 Å². The first kappa shape index (κ1) is 33.2. The third kappa shape index (κ3) is 8.07. The van der Waals surface area contributed by atoms with Crippen molar-refractivity contribution < 1.29 is 55.2 Å². The van der Waals surface area contributed by atoms with Crippen LogP contribution in [0.25, 0.3) is 0 Å². The summed E-state index contributed by atoms with van der Waals surface area (Å²) in [6.07, 6.45) is -12.8. The van der Waals surface area contributed by atoms with Crippen LogP contribution in [-0.2, 0) is 28.2 Å². The number of benzene rings is 4. The molecule has 0 aromatic heterocycles. The van der Waals surface area contributed by atoms with Crippen LogP contribution in [0.15, 0.2) is 103 Å². The smallest absolute Gasteiger partial charge is 0.430 e. The lowest BCUT2D eigenvalue weighted by Gasteiger charge is -2.37. The normalized spacial score (nSPS) is 12.8. The van der Waals surface area contributed by atoms with E-state index >= 15 is 0 Å². The van der Waals surface area contributed by atoms with Crippen LogP contribution in [0, 0.1) is 0 Å². The second-order valence-electron chi connectivity index (χ2n) is 9.88. The third-order valence-corrected chi connectivity index (χ3v) is 6.78. The molecular weight excluding hydrogens is 606 g/mol. The van der Waals surface area contributed by atoms with Crippen molar-refractivity contribution in [1.82, 2.24) is 0 Å². The Bertz CT molecular complexity index is 1520. The van der Waals surface area contributed by atoms with E-state index in [9.17, 15) is 31.1 Å².